The quantitative estimate of drug-likeness (QED) is 0.286. The number of piperazine rings is 1. The minimum Gasteiger partial charge on any atom is -0.444 e. The number of thioether (sulfide) groups is 1. The van der Waals surface area contributed by atoms with Gasteiger partial charge in [0, 0.05) is 50.2 Å². The molecule has 4 aliphatic heterocycles. The van der Waals surface area contributed by atoms with Crippen LogP contribution in [0.25, 0.3) is 0 Å². The summed E-state index contributed by atoms with van der Waals surface area (Å²) in [6.07, 6.45) is 3.43. The molecule has 1 N–H and O–H groups in total. The molecule has 12 heteroatoms. The highest BCUT2D eigenvalue weighted by molar-refractivity contribution is 9.10. The third-order valence-electron chi connectivity index (χ3n) is 7.04. The fourth-order valence-electron chi connectivity index (χ4n) is 5.44. The highest BCUT2D eigenvalue weighted by Gasteiger charge is 2.45. The van der Waals surface area contributed by atoms with Crippen LogP contribution in [0.5, 0.6) is 0 Å². The molecule has 1 aromatic rings. The summed E-state index contributed by atoms with van der Waals surface area (Å²) in [5, 5.41) is 3.76. The molecule has 39 heavy (non-hydrogen) atoms. The Hall–Kier alpha value is -1.53. The van der Waals surface area contributed by atoms with Gasteiger partial charge in [0.25, 0.3) is 0 Å². The zero-order valence-electron chi connectivity index (χ0n) is 23.2. The highest BCUT2D eigenvalue weighted by atomic mass is 79.9. The Morgan fingerprint density at radius 2 is 1.92 bits per heavy atom. The zero-order valence-corrected chi connectivity index (χ0v) is 26.3. The third-order valence-corrected chi connectivity index (χ3v) is 9.83. The van der Waals surface area contributed by atoms with Crippen molar-refractivity contribution in [2.45, 2.75) is 62.6 Å². The van der Waals surface area contributed by atoms with Crippen LogP contribution >= 0.6 is 39.3 Å². The van der Waals surface area contributed by atoms with E-state index in [0.717, 1.165) is 84.2 Å². The first kappa shape index (κ1) is 30.4. The molecule has 2 bridgehead atoms. The third kappa shape index (κ3) is 7.22. The first-order chi connectivity index (χ1) is 18.6. The Kier molecular flexibility index (Phi) is 10.5. The van der Waals surface area contributed by atoms with Crippen molar-refractivity contribution in [1.82, 2.24) is 15.1 Å². The van der Waals surface area contributed by atoms with Gasteiger partial charge in [0.15, 0.2) is 0 Å². The molecule has 0 spiro atoms. The number of nitrogens with one attached hydrogen (secondary N) is 1. The number of likely N-dealkylation sites (tertiary alicyclic amines) is 1. The number of anilines is 1. The van der Waals surface area contributed by atoms with E-state index in [1.54, 1.807) is 23.7 Å². The summed E-state index contributed by atoms with van der Waals surface area (Å²) in [5.41, 5.74) is 1.18. The van der Waals surface area contributed by atoms with Crippen molar-refractivity contribution in [2.24, 2.45) is 4.99 Å². The van der Waals surface area contributed by atoms with Crippen molar-refractivity contribution in [1.29, 1.82) is 0 Å². The predicted octanol–water partition coefficient (Wildman–Crippen LogP) is 4.63. The molecule has 2 unspecified atom stereocenters. The lowest BCUT2D eigenvalue weighted by Crippen LogP contribution is -2.58. The van der Waals surface area contributed by atoms with E-state index in [4.69, 9.17) is 21.1 Å². The number of aliphatic imine (C=N–C) groups is 1. The van der Waals surface area contributed by atoms with Gasteiger partial charge < -0.3 is 24.6 Å². The fraction of sp³-hybridized carbons (Fsp3) is 0.667. The maximum absolute atomic E-state index is 12.9. The summed E-state index contributed by atoms with van der Waals surface area (Å²) in [6.45, 7) is 11.5. The summed E-state index contributed by atoms with van der Waals surface area (Å²) < 4.78 is 11.5. The van der Waals surface area contributed by atoms with Gasteiger partial charge in [-0.2, -0.15) is 0 Å². The number of amidine groups is 1. The van der Waals surface area contributed by atoms with Crippen LogP contribution in [0.1, 0.15) is 45.6 Å². The molecule has 0 radical (unpaired) electrons. The average molecular weight is 645 g/mol. The monoisotopic (exact) mass is 643 g/mol. The number of benzene rings is 1. The molecule has 1 aromatic carbocycles. The highest BCUT2D eigenvalue weighted by Crippen LogP contribution is 2.45. The molecule has 2 amide bonds. The number of hydrogen-bond donors (Lipinski definition) is 1. The summed E-state index contributed by atoms with van der Waals surface area (Å²) in [5.74, 6) is 1.71. The van der Waals surface area contributed by atoms with Crippen molar-refractivity contribution in [3.8, 4) is 0 Å². The molecule has 216 valence electrons. The molecule has 0 saturated carbocycles. The molecule has 0 aliphatic carbocycles. The molecule has 2 atom stereocenters. The minimum absolute atomic E-state index is 0.0661. The van der Waals surface area contributed by atoms with Crippen molar-refractivity contribution >= 4 is 63.3 Å². The smallest absolute Gasteiger partial charge is 0.410 e. The van der Waals surface area contributed by atoms with Gasteiger partial charge in [-0.25, -0.2) is 4.79 Å². The average Bonchev–Trinajstić information content (AvgIpc) is 3.05. The number of ether oxygens (including phenoxy) is 2. The Labute approximate surface area is 249 Å². The molecule has 9 nitrogen and oxygen atoms in total. The number of rotatable bonds is 2. The van der Waals surface area contributed by atoms with Crippen LogP contribution in [0.2, 0.25) is 5.02 Å². The van der Waals surface area contributed by atoms with Gasteiger partial charge in [0.2, 0.25) is 6.41 Å². The van der Waals surface area contributed by atoms with Gasteiger partial charge in [0.05, 0.1) is 40.5 Å². The SMILES string of the molecule is C1COCCN1.CN=C(c1cc(Cl)c(Br)c2c1N(C=O)CCCS2)N1CC2CCC(C1)N2C(=O)OC(C)(C)C. The van der Waals surface area contributed by atoms with Gasteiger partial charge in [-0.3, -0.25) is 14.7 Å². The summed E-state index contributed by atoms with van der Waals surface area (Å²) >= 11 is 12.0. The van der Waals surface area contributed by atoms with E-state index < -0.39 is 5.60 Å². The Morgan fingerprint density at radius 3 is 2.44 bits per heavy atom. The molecular formula is C27H39BrClN5O4S. The van der Waals surface area contributed by atoms with Gasteiger partial charge in [0.1, 0.15) is 11.4 Å². The largest absolute Gasteiger partial charge is 0.444 e. The number of nitrogens with zero attached hydrogens (tertiary/aromatic N) is 4. The molecule has 4 aliphatic rings. The van der Waals surface area contributed by atoms with Gasteiger partial charge >= 0.3 is 6.09 Å². The number of carbonyl (C=O) groups is 2. The van der Waals surface area contributed by atoms with Crippen LogP contribution in [0, 0.1) is 0 Å². The van der Waals surface area contributed by atoms with Crippen LogP contribution in [0.15, 0.2) is 20.4 Å². The van der Waals surface area contributed by atoms with Crippen molar-refractivity contribution in [2.75, 3.05) is 63.6 Å². The van der Waals surface area contributed by atoms with Gasteiger partial charge in [-0.1, -0.05) is 11.6 Å². The number of hydrogen-bond acceptors (Lipinski definition) is 7. The zero-order chi connectivity index (χ0) is 28.2. The molecule has 4 heterocycles. The Morgan fingerprint density at radius 1 is 1.26 bits per heavy atom. The van der Waals surface area contributed by atoms with E-state index in [-0.39, 0.29) is 18.2 Å². The van der Waals surface area contributed by atoms with Crippen LogP contribution in [-0.2, 0) is 14.3 Å². The first-order valence-electron chi connectivity index (χ1n) is 13.5. The van der Waals surface area contributed by atoms with Crippen LogP contribution in [0.3, 0.4) is 0 Å². The van der Waals surface area contributed by atoms with Crippen molar-refractivity contribution in [3.63, 3.8) is 0 Å². The van der Waals surface area contributed by atoms with E-state index in [0.29, 0.717) is 24.7 Å². The van der Waals surface area contributed by atoms with Crippen LogP contribution in [0.4, 0.5) is 10.5 Å². The Bertz CT molecular complexity index is 1060. The number of fused-ring (bicyclic) bond motifs is 3. The lowest BCUT2D eigenvalue weighted by atomic mass is 10.1. The number of carbonyl (C=O) groups excluding carboxylic acids is 2. The topological polar surface area (TPSA) is 86.7 Å². The number of morpholine rings is 1. The lowest BCUT2D eigenvalue weighted by Gasteiger charge is -2.43. The Balaban J connectivity index is 0.000000519. The van der Waals surface area contributed by atoms with Crippen molar-refractivity contribution < 1.29 is 19.1 Å². The van der Waals surface area contributed by atoms with Crippen LogP contribution < -0.4 is 10.2 Å². The molecule has 5 rings (SSSR count). The number of halogens is 2. The molecule has 0 aromatic heterocycles. The second-order valence-corrected chi connectivity index (χ2v) is 13.3. The second-order valence-electron chi connectivity index (χ2n) is 11.0. The molecular weight excluding hydrogens is 606 g/mol. The predicted molar refractivity (Wildman–Crippen MR) is 161 cm³/mol. The summed E-state index contributed by atoms with van der Waals surface area (Å²) in [6, 6.07) is 2.03. The summed E-state index contributed by atoms with van der Waals surface area (Å²) in [4.78, 5) is 36.4. The van der Waals surface area contributed by atoms with Crippen molar-refractivity contribution in [3.05, 3.63) is 21.1 Å². The van der Waals surface area contributed by atoms with E-state index in [1.807, 2.05) is 31.7 Å². The molecule has 3 fully saturated rings. The standard InChI is InChI=1S/C23H30BrClN4O3S.C4H9NO/c1-23(2,3)32-22(31)29-14-6-7-15(29)12-28(11-14)21(26-4)16-10-17(25)18(24)20-19(16)27(13-30)8-5-9-33-20;1-3-6-4-2-5-1/h10,13-15H,5-9,11-12H2,1-4H3;5H,1-4H2. The van der Waals surface area contributed by atoms with E-state index >= 15 is 0 Å². The van der Waals surface area contributed by atoms with Gasteiger partial charge in [-0.05, 0) is 67.8 Å². The van der Waals surface area contributed by atoms with E-state index in [1.165, 1.54) is 0 Å². The summed E-state index contributed by atoms with van der Waals surface area (Å²) in [7, 11) is 1.77. The maximum Gasteiger partial charge on any atom is 0.410 e. The van der Waals surface area contributed by atoms with Crippen LogP contribution in [-0.4, -0.2) is 105 Å². The second kappa shape index (κ2) is 13.4. The van der Waals surface area contributed by atoms with E-state index in [9.17, 15) is 9.59 Å². The first-order valence-corrected chi connectivity index (χ1v) is 15.7. The fourth-order valence-corrected chi connectivity index (χ4v) is 7.43. The lowest BCUT2D eigenvalue weighted by molar-refractivity contribution is -0.107. The maximum atomic E-state index is 12.9. The van der Waals surface area contributed by atoms with E-state index in [2.05, 4.69) is 31.1 Å². The minimum atomic E-state index is -0.522. The molecule has 3 saturated heterocycles. The number of amides is 2. The van der Waals surface area contributed by atoms with Gasteiger partial charge in [-0.15, -0.1) is 11.8 Å². The normalized spacial score (nSPS) is 23.4.